The number of primary amides is 1. The molecule has 2 atom stereocenters. The van der Waals surface area contributed by atoms with Crippen LogP contribution < -0.4 is 5.73 Å². The number of hydroxylamine groups is 2. The first-order valence-corrected chi connectivity index (χ1v) is 9.19. The largest absolute Gasteiger partial charge is 0.365 e. The summed E-state index contributed by atoms with van der Waals surface area (Å²) in [6, 6.07) is 17.4. The van der Waals surface area contributed by atoms with Crippen LogP contribution in [0.5, 0.6) is 0 Å². The maximum absolute atomic E-state index is 12.6. The SMILES string of the molecule is CO[C@@H](C(=O)ON(C(N)=O)[C@@H](C)c1cc2ccccc2s1)c1ccccc1. The molecule has 0 saturated heterocycles. The summed E-state index contributed by atoms with van der Waals surface area (Å²) in [7, 11) is 1.41. The highest BCUT2D eigenvalue weighted by Crippen LogP contribution is 2.33. The molecular formula is C20H20N2O4S. The van der Waals surface area contributed by atoms with Crippen LogP contribution in [0.15, 0.2) is 60.7 Å². The van der Waals surface area contributed by atoms with E-state index >= 15 is 0 Å². The Hall–Kier alpha value is -2.90. The number of hydrogen-bond acceptors (Lipinski definition) is 5. The van der Waals surface area contributed by atoms with Crippen LogP contribution in [0.4, 0.5) is 4.79 Å². The summed E-state index contributed by atoms with van der Waals surface area (Å²) < 4.78 is 6.34. The second-order valence-corrected chi connectivity index (χ2v) is 7.08. The molecule has 0 unspecified atom stereocenters. The fourth-order valence-corrected chi connectivity index (χ4v) is 3.88. The van der Waals surface area contributed by atoms with Crippen molar-refractivity contribution < 1.29 is 19.2 Å². The van der Waals surface area contributed by atoms with Crippen molar-refractivity contribution in [3.63, 3.8) is 0 Å². The molecule has 27 heavy (non-hydrogen) atoms. The van der Waals surface area contributed by atoms with E-state index in [9.17, 15) is 9.59 Å². The Labute approximate surface area is 161 Å². The van der Waals surface area contributed by atoms with Crippen LogP contribution in [0.3, 0.4) is 0 Å². The lowest BCUT2D eigenvalue weighted by Gasteiger charge is -2.26. The van der Waals surface area contributed by atoms with Crippen molar-refractivity contribution in [2.24, 2.45) is 5.73 Å². The standard InChI is InChI=1S/C20H20N2O4S/c1-13(17-12-15-10-6-7-11-16(15)27-17)22(20(21)24)26-19(23)18(25-2)14-8-4-3-5-9-14/h3-13,18H,1-2H3,(H2,21,24)/t13-,18+/m0/s1. The number of amides is 2. The Balaban J connectivity index is 1.82. The first kappa shape index (κ1) is 18.9. The lowest BCUT2D eigenvalue weighted by Crippen LogP contribution is -2.40. The number of methoxy groups -OCH3 is 1. The Morgan fingerprint density at radius 3 is 2.37 bits per heavy atom. The van der Waals surface area contributed by atoms with Gasteiger partial charge in [-0.3, -0.25) is 0 Å². The fourth-order valence-electron chi connectivity index (χ4n) is 2.78. The number of hydrogen-bond donors (Lipinski definition) is 1. The van der Waals surface area contributed by atoms with Gasteiger partial charge in [0.2, 0.25) is 0 Å². The predicted octanol–water partition coefficient (Wildman–Crippen LogP) is 4.19. The van der Waals surface area contributed by atoms with Crippen molar-refractivity contribution in [3.8, 4) is 0 Å². The third-order valence-corrected chi connectivity index (χ3v) is 5.45. The smallest absolute Gasteiger partial charge is 0.365 e. The van der Waals surface area contributed by atoms with Gasteiger partial charge >= 0.3 is 12.0 Å². The number of benzene rings is 2. The van der Waals surface area contributed by atoms with Gasteiger partial charge in [-0.15, -0.1) is 16.4 Å². The number of rotatable bonds is 5. The molecule has 2 amide bonds. The molecule has 1 heterocycles. The van der Waals surface area contributed by atoms with Gasteiger partial charge in [-0.25, -0.2) is 9.59 Å². The Morgan fingerprint density at radius 2 is 1.74 bits per heavy atom. The summed E-state index contributed by atoms with van der Waals surface area (Å²) in [5.41, 5.74) is 6.10. The monoisotopic (exact) mass is 384 g/mol. The maximum Gasteiger partial charge on any atom is 0.365 e. The molecule has 0 fully saturated rings. The van der Waals surface area contributed by atoms with Gasteiger partial charge in [-0.1, -0.05) is 48.5 Å². The zero-order valence-electron chi connectivity index (χ0n) is 15.0. The van der Waals surface area contributed by atoms with E-state index in [1.54, 1.807) is 31.2 Å². The second-order valence-electron chi connectivity index (χ2n) is 5.96. The van der Waals surface area contributed by atoms with Crippen LogP contribution in [-0.2, 0) is 14.4 Å². The van der Waals surface area contributed by atoms with Crippen LogP contribution in [0.25, 0.3) is 10.1 Å². The molecule has 3 aromatic rings. The second kappa shape index (κ2) is 8.20. The number of nitrogens with zero attached hydrogens (tertiary/aromatic N) is 1. The van der Waals surface area contributed by atoms with Gasteiger partial charge in [0, 0.05) is 16.7 Å². The highest BCUT2D eigenvalue weighted by Gasteiger charge is 2.30. The number of thiophene rings is 1. The minimum Gasteiger partial charge on any atom is -0.365 e. The first-order valence-electron chi connectivity index (χ1n) is 8.38. The van der Waals surface area contributed by atoms with E-state index in [0.29, 0.717) is 5.56 Å². The number of carbonyl (C=O) groups is 2. The molecule has 2 aromatic carbocycles. The van der Waals surface area contributed by atoms with E-state index in [4.69, 9.17) is 15.3 Å². The molecule has 0 saturated carbocycles. The van der Waals surface area contributed by atoms with Gasteiger partial charge in [-0.05, 0) is 30.0 Å². The van der Waals surface area contributed by atoms with Crippen molar-refractivity contribution in [2.75, 3.05) is 7.11 Å². The number of ether oxygens (including phenoxy) is 1. The van der Waals surface area contributed by atoms with Gasteiger partial charge < -0.3 is 15.3 Å². The third-order valence-electron chi connectivity index (χ3n) is 4.17. The van der Waals surface area contributed by atoms with Crippen LogP contribution in [0.1, 0.15) is 29.5 Å². The van der Waals surface area contributed by atoms with Crippen LogP contribution >= 0.6 is 11.3 Å². The minimum absolute atomic E-state index is 0.530. The molecular weight excluding hydrogens is 364 g/mol. The molecule has 0 spiro atoms. The highest BCUT2D eigenvalue weighted by molar-refractivity contribution is 7.19. The van der Waals surface area contributed by atoms with E-state index in [1.165, 1.54) is 18.4 Å². The molecule has 7 heteroatoms. The highest BCUT2D eigenvalue weighted by atomic mass is 32.1. The molecule has 3 rings (SSSR count). The number of nitrogens with two attached hydrogens (primary N) is 1. The van der Waals surface area contributed by atoms with E-state index in [1.807, 2.05) is 36.4 Å². The number of carbonyl (C=O) groups excluding carboxylic acids is 2. The Morgan fingerprint density at radius 1 is 1.07 bits per heavy atom. The van der Waals surface area contributed by atoms with E-state index < -0.39 is 24.1 Å². The van der Waals surface area contributed by atoms with Gasteiger partial charge in [-0.2, -0.15) is 0 Å². The van der Waals surface area contributed by atoms with E-state index in [-0.39, 0.29) is 0 Å². The quantitative estimate of drug-likeness (QED) is 0.669. The van der Waals surface area contributed by atoms with Crippen molar-refractivity contribution in [2.45, 2.75) is 19.1 Å². The number of urea groups is 1. The topological polar surface area (TPSA) is 81.9 Å². The van der Waals surface area contributed by atoms with Crippen molar-refractivity contribution in [1.29, 1.82) is 0 Å². The minimum atomic E-state index is -0.956. The summed E-state index contributed by atoms with van der Waals surface area (Å²) >= 11 is 1.52. The van der Waals surface area contributed by atoms with Crippen molar-refractivity contribution in [3.05, 3.63) is 71.1 Å². The normalized spacial score (nSPS) is 13.1. The zero-order chi connectivity index (χ0) is 19.4. The molecule has 140 valence electrons. The summed E-state index contributed by atoms with van der Waals surface area (Å²) in [5.74, 6) is -0.713. The average molecular weight is 384 g/mol. The molecule has 0 aliphatic carbocycles. The van der Waals surface area contributed by atoms with Crippen molar-refractivity contribution >= 4 is 33.4 Å². The van der Waals surface area contributed by atoms with E-state index in [2.05, 4.69) is 0 Å². The Bertz CT molecular complexity index is 908. The predicted molar refractivity (Wildman–Crippen MR) is 104 cm³/mol. The lowest BCUT2D eigenvalue weighted by molar-refractivity contribution is -0.195. The zero-order valence-corrected chi connectivity index (χ0v) is 15.8. The van der Waals surface area contributed by atoms with Crippen LogP contribution in [0.2, 0.25) is 0 Å². The molecule has 0 radical (unpaired) electrons. The van der Waals surface area contributed by atoms with Crippen molar-refractivity contribution in [1.82, 2.24) is 5.06 Å². The molecule has 0 aliphatic heterocycles. The van der Waals surface area contributed by atoms with Crippen LogP contribution in [-0.4, -0.2) is 24.2 Å². The van der Waals surface area contributed by atoms with Gasteiger partial charge in [0.05, 0.1) is 0 Å². The summed E-state index contributed by atoms with van der Waals surface area (Å²) in [6.45, 7) is 1.76. The van der Waals surface area contributed by atoms with Crippen LogP contribution in [0, 0.1) is 0 Å². The number of fused-ring (bicyclic) bond motifs is 1. The average Bonchev–Trinajstić information content (AvgIpc) is 3.11. The lowest BCUT2D eigenvalue weighted by atomic mass is 10.1. The van der Waals surface area contributed by atoms with Gasteiger partial charge in [0.1, 0.15) is 6.04 Å². The third kappa shape index (κ3) is 4.10. The maximum atomic E-state index is 12.6. The van der Waals surface area contributed by atoms with Gasteiger partial charge in [0.25, 0.3) is 0 Å². The molecule has 6 nitrogen and oxygen atoms in total. The van der Waals surface area contributed by atoms with E-state index in [0.717, 1.165) is 20.0 Å². The molecule has 0 aliphatic rings. The summed E-state index contributed by atoms with van der Waals surface area (Å²) in [4.78, 5) is 30.7. The summed E-state index contributed by atoms with van der Waals surface area (Å²) in [6.07, 6.45) is -0.956. The Kier molecular flexibility index (Phi) is 5.73. The first-order chi connectivity index (χ1) is 13.0. The van der Waals surface area contributed by atoms with Gasteiger partial charge in [0.15, 0.2) is 6.10 Å². The molecule has 1 aromatic heterocycles. The fraction of sp³-hybridized carbons (Fsp3) is 0.200. The molecule has 0 bridgehead atoms. The summed E-state index contributed by atoms with van der Waals surface area (Å²) in [5, 5.41) is 1.95. The molecule has 2 N–H and O–H groups in total.